The molecule has 5 heteroatoms. The second-order valence-corrected chi connectivity index (χ2v) is 4.19. The van der Waals surface area contributed by atoms with Gasteiger partial charge >= 0.3 is 6.18 Å². The number of alkyl halides is 3. The summed E-state index contributed by atoms with van der Waals surface area (Å²) in [6.45, 7) is 5.46. The van der Waals surface area contributed by atoms with Crippen molar-refractivity contribution in [3.05, 3.63) is 28.2 Å². The van der Waals surface area contributed by atoms with E-state index in [4.69, 9.17) is 0 Å². The van der Waals surface area contributed by atoms with Crippen molar-refractivity contribution in [3.8, 4) is 0 Å². The molecule has 0 aliphatic carbocycles. The molecule has 0 bridgehead atoms. The number of hydrogen-bond donors (Lipinski definition) is 0. The Morgan fingerprint density at radius 3 is 2.12 bits per heavy atom. The lowest BCUT2D eigenvalue weighted by molar-refractivity contribution is -0.137. The van der Waals surface area contributed by atoms with Gasteiger partial charge in [0.15, 0.2) is 0 Å². The van der Waals surface area contributed by atoms with Crippen LogP contribution in [-0.4, -0.2) is 13.1 Å². The second kappa shape index (κ2) is 5.08. The van der Waals surface area contributed by atoms with Crippen molar-refractivity contribution in [2.45, 2.75) is 20.0 Å². The summed E-state index contributed by atoms with van der Waals surface area (Å²) in [7, 11) is 0. The van der Waals surface area contributed by atoms with E-state index in [2.05, 4.69) is 15.9 Å². The third-order valence-corrected chi connectivity index (χ3v) is 3.01. The molecule has 16 heavy (non-hydrogen) atoms. The minimum Gasteiger partial charge on any atom is -0.371 e. The van der Waals surface area contributed by atoms with Gasteiger partial charge in [-0.1, -0.05) is 0 Å². The van der Waals surface area contributed by atoms with E-state index in [1.54, 1.807) is 0 Å². The summed E-state index contributed by atoms with van der Waals surface area (Å²) in [6.07, 6.45) is -4.29. The summed E-state index contributed by atoms with van der Waals surface area (Å²) in [5.74, 6) is 0. The van der Waals surface area contributed by atoms with Crippen LogP contribution in [0.5, 0.6) is 0 Å². The average Bonchev–Trinajstić information content (AvgIpc) is 2.20. The third-order valence-electron chi connectivity index (χ3n) is 2.38. The first-order valence-electron chi connectivity index (χ1n) is 5.01. The Balaban J connectivity index is 3.09. The van der Waals surface area contributed by atoms with Crippen molar-refractivity contribution in [1.82, 2.24) is 0 Å². The molecule has 0 N–H and O–H groups in total. The van der Waals surface area contributed by atoms with Crippen molar-refractivity contribution in [3.63, 3.8) is 0 Å². The lowest BCUT2D eigenvalue weighted by Crippen LogP contribution is -2.22. The highest BCUT2D eigenvalue weighted by atomic mass is 79.9. The van der Waals surface area contributed by atoms with Crippen molar-refractivity contribution >= 4 is 21.6 Å². The van der Waals surface area contributed by atoms with E-state index in [1.165, 1.54) is 6.07 Å². The first kappa shape index (κ1) is 13.4. The van der Waals surface area contributed by atoms with Crippen LogP contribution in [0, 0.1) is 0 Å². The van der Waals surface area contributed by atoms with Crippen LogP contribution in [0.4, 0.5) is 18.9 Å². The van der Waals surface area contributed by atoms with Gasteiger partial charge in [-0.2, -0.15) is 13.2 Å². The molecule has 0 amide bonds. The fourth-order valence-corrected chi connectivity index (χ4v) is 2.13. The molecule has 0 unspecified atom stereocenters. The number of halogens is 4. The standard InChI is InChI=1S/C11H13BrF3N/c1-3-16(4-2)10-6-5-8(7-9(10)12)11(13,14)15/h5-7H,3-4H2,1-2H3. The number of nitrogens with zero attached hydrogens (tertiary/aromatic N) is 1. The number of rotatable bonds is 3. The molecule has 0 aliphatic heterocycles. The van der Waals surface area contributed by atoms with Gasteiger partial charge in [0.2, 0.25) is 0 Å². The van der Waals surface area contributed by atoms with Crippen LogP contribution in [0.2, 0.25) is 0 Å². The van der Waals surface area contributed by atoms with E-state index in [1.807, 2.05) is 18.7 Å². The zero-order valence-corrected chi connectivity index (χ0v) is 10.7. The Hall–Kier alpha value is -0.710. The van der Waals surface area contributed by atoms with Gasteiger partial charge in [-0.25, -0.2) is 0 Å². The van der Waals surface area contributed by atoms with Crippen LogP contribution in [0.15, 0.2) is 22.7 Å². The Kier molecular flexibility index (Phi) is 4.24. The lowest BCUT2D eigenvalue weighted by Gasteiger charge is -2.23. The highest BCUT2D eigenvalue weighted by Gasteiger charge is 2.31. The molecule has 0 heterocycles. The molecular formula is C11H13BrF3N. The maximum Gasteiger partial charge on any atom is 0.416 e. The summed E-state index contributed by atoms with van der Waals surface area (Å²) in [5, 5.41) is 0. The third kappa shape index (κ3) is 2.90. The van der Waals surface area contributed by atoms with Crippen molar-refractivity contribution in [1.29, 1.82) is 0 Å². The number of benzene rings is 1. The maximum absolute atomic E-state index is 12.4. The molecule has 1 aromatic rings. The van der Waals surface area contributed by atoms with Gasteiger partial charge in [0.25, 0.3) is 0 Å². The van der Waals surface area contributed by atoms with E-state index in [0.29, 0.717) is 4.47 Å². The Morgan fingerprint density at radius 2 is 1.75 bits per heavy atom. The number of anilines is 1. The first-order valence-corrected chi connectivity index (χ1v) is 5.81. The minimum atomic E-state index is -4.29. The fraction of sp³-hybridized carbons (Fsp3) is 0.455. The van der Waals surface area contributed by atoms with Crippen LogP contribution >= 0.6 is 15.9 Å². The van der Waals surface area contributed by atoms with Gasteiger partial charge < -0.3 is 4.90 Å². The van der Waals surface area contributed by atoms with Crippen LogP contribution in [0.25, 0.3) is 0 Å². The smallest absolute Gasteiger partial charge is 0.371 e. The topological polar surface area (TPSA) is 3.24 Å². The van der Waals surface area contributed by atoms with Gasteiger partial charge in [0.1, 0.15) is 0 Å². The summed E-state index contributed by atoms with van der Waals surface area (Å²) >= 11 is 3.18. The lowest BCUT2D eigenvalue weighted by atomic mass is 10.2. The Labute approximate surface area is 101 Å². The molecule has 0 spiro atoms. The van der Waals surface area contributed by atoms with Crippen LogP contribution < -0.4 is 4.90 Å². The minimum absolute atomic E-state index is 0.478. The molecule has 0 saturated carbocycles. The molecule has 0 aromatic heterocycles. The number of hydrogen-bond acceptors (Lipinski definition) is 1. The predicted molar refractivity (Wildman–Crippen MR) is 62.7 cm³/mol. The highest BCUT2D eigenvalue weighted by Crippen LogP contribution is 2.35. The Bertz CT molecular complexity index is 359. The zero-order chi connectivity index (χ0) is 12.3. The molecule has 90 valence electrons. The largest absolute Gasteiger partial charge is 0.416 e. The van der Waals surface area contributed by atoms with E-state index >= 15 is 0 Å². The molecule has 0 aliphatic rings. The molecule has 1 nitrogen and oxygen atoms in total. The van der Waals surface area contributed by atoms with Crippen LogP contribution in [0.1, 0.15) is 19.4 Å². The SMILES string of the molecule is CCN(CC)c1ccc(C(F)(F)F)cc1Br. The van der Waals surface area contributed by atoms with E-state index in [9.17, 15) is 13.2 Å². The van der Waals surface area contributed by atoms with Gasteiger partial charge in [0, 0.05) is 17.6 Å². The zero-order valence-electron chi connectivity index (χ0n) is 9.11. The Morgan fingerprint density at radius 1 is 1.19 bits per heavy atom. The monoisotopic (exact) mass is 295 g/mol. The van der Waals surface area contributed by atoms with Crippen LogP contribution in [-0.2, 0) is 6.18 Å². The normalized spacial score (nSPS) is 11.6. The fourth-order valence-electron chi connectivity index (χ4n) is 1.50. The quantitative estimate of drug-likeness (QED) is 0.803. The van der Waals surface area contributed by atoms with Crippen molar-refractivity contribution in [2.24, 2.45) is 0 Å². The second-order valence-electron chi connectivity index (χ2n) is 3.34. The van der Waals surface area contributed by atoms with E-state index < -0.39 is 11.7 Å². The van der Waals surface area contributed by atoms with Crippen molar-refractivity contribution in [2.75, 3.05) is 18.0 Å². The maximum atomic E-state index is 12.4. The summed E-state index contributed by atoms with van der Waals surface area (Å²) < 4.78 is 37.8. The molecule has 0 atom stereocenters. The van der Waals surface area contributed by atoms with Crippen LogP contribution in [0.3, 0.4) is 0 Å². The summed E-state index contributed by atoms with van der Waals surface area (Å²) in [6, 6.07) is 3.73. The van der Waals surface area contributed by atoms with Gasteiger partial charge in [-0.05, 0) is 48.0 Å². The molecular weight excluding hydrogens is 283 g/mol. The van der Waals surface area contributed by atoms with E-state index in [0.717, 1.165) is 30.9 Å². The average molecular weight is 296 g/mol. The van der Waals surface area contributed by atoms with Gasteiger partial charge in [0.05, 0.1) is 11.3 Å². The molecule has 1 aromatic carbocycles. The van der Waals surface area contributed by atoms with Gasteiger partial charge in [-0.15, -0.1) is 0 Å². The summed E-state index contributed by atoms with van der Waals surface area (Å²) in [5.41, 5.74) is 0.160. The summed E-state index contributed by atoms with van der Waals surface area (Å²) in [4.78, 5) is 1.99. The van der Waals surface area contributed by atoms with E-state index in [-0.39, 0.29) is 0 Å². The van der Waals surface area contributed by atoms with Gasteiger partial charge in [-0.3, -0.25) is 0 Å². The first-order chi connectivity index (χ1) is 7.40. The predicted octanol–water partition coefficient (Wildman–Crippen LogP) is 4.31. The molecule has 0 fully saturated rings. The van der Waals surface area contributed by atoms with Crippen molar-refractivity contribution < 1.29 is 13.2 Å². The molecule has 0 radical (unpaired) electrons. The highest BCUT2D eigenvalue weighted by molar-refractivity contribution is 9.10. The molecule has 1 rings (SSSR count). The molecule has 0 saturated heterocycles.